The van der Waals surface area contributed by atoms with Crippen LogP contribution in [0.25, 0.3) is 0 Å². The minimum atomic E-state index is -0.475. The molecule has 0 radical (unpaired) electrons. The molecule has 0 saturated carbocycles. The Morgan fingerprint density at radius 3 is 1.70 bits per heavy atom. The summed E-state index contributed by atoms with van der Waals surface area (Å²) in [6.45, 7) is 12.1. The van der Waals surface area contributed by atoms with Crippen LogP contribution in [0.5, 0.6) is 11.5 Å². The summed E-state index contributed by atoms with van der Waals surface area (Å²) in [6, 6.07) is 26.5. The second-order valence-corrected chi connectivity index (χ2v) is 12.8. The maximum absolute atomic E-state index is 13.0. The fourth-order valence-electron chi connectivity index (χ4n) is 4.83. The topological polar surface area (TPSA) is 88.1 Å². The molecule has 0 heterocycles. The van der Waals surface area contributed by atoms with Crippen LogP contribution in [0.4, 0.5) is 0 Å². The van der Waals surface area contributed by atoms with Crippen molar-refractivity contribution in [3.05, 3.63) is 149 Å². The quantitative estimate of drug-likeness (QED) is 0.0372. The molecule has 270 valence electrons. The first-order valence-electron chi connectivity index (χ1n) is 17.3. The molecular weight excluding hydrogens is 685 g/mol. The van der Waals surface area contributed by atoms with Crippen LogP contribution in [-0.2, 0) is 19.1 Å². The number of rotatable bonds is 16. The van der Waals surface area contributed by atoms with Crippen LogP contribution in [0.1, 0.15) is 69.4 Å². The molecule has 0 aliphatic heterocycles. The van der Waals surface area contributed by atoms with E-state index in [1.807, 2.05) is 86.6 Å². The number of esters is 2. The Morgan fingerprint density at radius 1 is 0.585 bits per heavy atom. The molecule has 0 unspecified atom stereocenters. The summed E-state index contributed by atoms with van der Waals surface area (Å²) in [7, 11) is 0. The van der Waals surface area contributed by atoms with Crippen molar-refractivity contribution >= 4 is 28.8 Å². The van der Waals surface area contributed by atoms with Crippen molar-refractivity contribution < 1.29 is 33.3 Å². The molecule has 4 aromatic rings. The number of carbonyl (C=O) groups is 3. The number of benzene rings is 4. The highest BCUT2D eigenvalue weighted by atomic mass is 32.2. The molecule has 0 fully saturated rings. The lowest BCUT2D eigenvalue weighted by Gasteiger charge is -2.09. The number of thioether (sulfide) groups is 1. The number of hydrogen-bond donors (Lipinski definition) is 0. The van der Waals surface area contributed by atoms with Gasteiger partial charge in [0.2, 0.25) is 5.12 Å². The van der Waals surface area contributed by atoms with Crippen LogP contribution < -0.4 is 9.47 Å². The van der Waals surface area contributed by atoms with E-state index in [1.165, 1.54) is 17.8 Å². The fourth-order valence-corrected chi connectivity index (χ4v) is 5.64. The van der Waals surface area contributed by atoms with Crippen LogP contribution in [-0.4, -0.2) is 43.5 Å². The normalized spacial score (nSPS) is 10.1. The second kappa shape index (κ2) is 21.4. The second-order valence-electron chi connectivity index (χ2n) is 11.8. The largest absolute Gasteiger partial charge is 0.494 e. The van der Waals surface area contributed by atoms with E-state index in [1.54, 1.807) is 12.1 Å². The van der Waals surface area contributed by atoms with Gasteiger partial charge in [-0.15, -0.1) is 0 Å². The number of ether oxygens (including phenoxy) is 4. The monoisotopic (exact) mass is 726 g/mol. The standard InChI is InChI=1S/C45H42O7S/c1-5-43(46)51-28-10-8-7-9-27-49-40-23-21-39(22-24-40)45(48)53-42-26-20-38(32-34(42)4)18-16-36-13-11-35(12-14-36)15-17-37-19-25-41(33(3)31-37)50-29-30-52-44(47)6-2/h5-6,11-14,19-26,31-32H,1-2,7-10,27-30H2,3-4H3. The lowest BCUT2D eigenvalue weighted by Crippen LogP contribution is -2.10. The minimum absolute atomic E-state index is 0.0410. The molecule has 8 heteroatoms. The Morgan fingerprint density at radius 2 is 1.11 bits per heavy atom. The molecule has 0 saturated heterocycles. The smallest absolute Gasteiger partial charge is 0.330 e. The Hall–Kier alpha value is -5.96. The zero-order valence-corrected chi connectivity index (χ0v) is 30.9. The molecule has 0 aliphatic rings. The van der Waals surface area contributed by atoms with Crippen LogP contribution in [0.3, 0.4) is 0 Å². The Bertz CT molecular complexity index is 2020. The van der Waals surface area contributed by atoms with Gasteiger partial charge in [0.15, 0.2) is 0 Å². The maximum atomic E-state index is 13.0. The van der Waals surface area contributed by atoms with Crippen molar-refractivity contribution in [2.45, 2.75) is 44.4 Å². The highest BCUT2D eigenvalue weighted by Gasteiger charge is 2.11. The van der Waals surface area contributed by atoms with Gasteiger partial charge in [-0.1, -0.05) is 36.8 Å². The van der Waals surface area contributed by atoms with Gasteiger partial charge in [0, 0.05) is 44.9 Å². The van der Waals surface area contributed by atoms with E-state index in [9.17, 15) is 14.4 Å². The van der Waals surface area contributed by atoms with Crippen LogP contribution in [0.15, 0.2) is 115 Å². The summed E-state index contributed by atoms with van der Waals surface area (Å²) in [5.74, 6) is 13.4. The lowest BCUT2D eigenvalue weighted by atomic mass is 10.1. The van der Waals surface area contributed by atoms with Crippen molar-refractivity contribution in [1.82, 2.24) is 0 Å². The predicted molar refractivity (Wildman–Crippen MR) is 209 cm³/mol. The molecule has 0 spiro atoms. The first kappa shape index (κ1) is 39.8. The van der Waals surface area contributed by atoms with Crippen LogP contribution >= 0.6 is 11.8 Å². The lowest BCUT2D eigenvalue weighted by molar-refractivity contribution is -0.139. The third kappa shape index (κ3) is 13.9. The molecule has 0 bridgehead atoms. The molecular formula is C45H42O7S. The zero-order valence-electron chi connectivity index (χ0n) is 30.1. The molecule has 0 aromatic heterocycles. The third-order valence-corrected chi connectivity index (χ3v) is 8.80. The van der Waals surface area contributed by atoms with Crippen molar-refractivity contribution in [1.29, 1.82) is 0 Å². The van der Waals surface area contributed by atoms with Gasteiger partial charge in [0.1, 0.15) is 24.7 Å². The molecule has 0 amide bonds. The average Bonchev–Trinajstić information content (AvgIpc) is 3.17. The summed E-state index contributed by atoms with van der Waals surface area (Å²) in [5, 5.41) is -0.0410. The summed E-state index contributed by atoms with van der Waals surface area (Å²) in [5.41, 5.74) is 5.98. The van der Waals surface area contributed by atoms with Gasteiger partial charge in [-0.05, 0) is 147 Å². The zero-order chi connectivity index (χ0) is 37.8. The van der Waals surface area contributed by atoms with E-state index in [-0.39, 0.29) is 18.3 Å². The Labute approximate surface area is 316 Å². The van der Waals surface area contributed by atoms with Crippen molar-refractivity contribution in [2.24, 2.45) is 0 Å². The van der Waals surface area contributed by atoms with Gasteiger partial charge in [0.25, 0.3) is 0 Å². The SMILES string of the molecule is C=CC(=O)OCCCCCCOc1ccc(C(=O)Sc2ccc(C#Cc3ccc(C#Cc4ccc(OCCOC(=O)C=C)c(C)c4)cc3)cc2C)cc1. The van der Waals surface area contributed by atoms with E-state index in [4.69, 9.17) is 18.9 Å². The Balaban J connectivity index is 1.22. The van der Waals surface area contributed by atoms with Gasteiger partial charge in [-0.2, -0.15) is 0 Å². The Kier molecular flexibility index (Phi) is 16.1. The third-order valence-electron chi connectivity index (χ3n) is 7.70. The molecule has 0 aliphatic carbocycles. The van der Waals surface area contributed by atoms with Gasteiger partial charge >= 0.3 is 11.9 Å². The first-order valence-corrected chi connectivity index (χ1v) is 18.1. The maximum Gasteiger partial charge on any atom is 0.330 e. The van der Waals surface area contributed by atoms with E-state index in [2.05, 4.69) is 36.8 Å². The van der Waals surface area contributed by atoms with Gasteiger partial charge in [-0.25, -0.2) is 9.59 Å². The van der Waals surface area contributed by atoms with Crippen molar-refractivity contribution in [3.63, 3.8) is 0 Å². The molecule has 0 N–H and O–H groups in total. The molecule has 7 nitrogen and oxygen atoms in total. The molecule has 4 rings (SSSR count). The number of aryl methyl sites for hydroxylation is 2. The number of carbonyl (C=O) groups excluding carboxylic acids is 3. The highest BCUT2D eigenvalue weighted by Crippen LogP contribution is 2.28. The van der Waals surface area contributed by atoms with Crippen molar-refractivity contribution in [2.75, 3.05) is 26.4 Å². The molecule has 4 aromatic carbocycles. The summed E-state index contributed by atoms with van der Waals surface area (Å²) < 4.78 is 21.4. The average molecular weight is 727 g/mol. The first-order chi connectivity index (χ1) is 25.7. The van der Waals surface area contributed by atoms with E-state index in [0.29, 0.717) is 24.5 Å². The molecule has 53 heavy (non-hydrogen) atoms. The molecule has 0 atom stereocenters. The summed E-state index contributed by atoms with van der Waals surface area (Å²) >= 11 is 1.20. The van der Waals surface area contributed by atoms with Gasteiger partial charge in [-0.3, -0.25) is 4.79 Å². The van der Waals surface area contributed by atoms with Gasteiger partial charge in [0.05, 0.1) is 13.2 Å². The van der Waals surface area contributed by atoms with E-state index >= 15 is 0 Å². The summed E-state index contributed by atoms with van der Waals surface area (Å²) in [6.07, 6.45) is 5.92. The van der Waals surface area contributed by atoms with E-state index in [0.717, 1.165) is 75.8 Å². The van der Waals surface area contributed by atoms with E-state index < -0.39 is 11.9 Å². The predicted octanol–water partition coefficient (Wildman–Crippen LogP) is 8.81. The highest BCUT2D eigenvalue weighted by molar-refractivity contribution is 8.14. The fraction of sp³-hybridized carbons (Fsp3) is 0.222. The van der Waals surface area contributed by atoms with Gasteiger partial charge < -0.3 is 18.9 Å². The van der Waals surface area contributed by atoms with Crippen LogP contribution in [0, 0.1) is 37.5 Å². The van der Waals surface area contributed by atoms with Crippen LogP contribution in [0.2, 0.25) is 0 Å². The minimum Gasteiger partial charge on any atom is -0.494 e. The number of unbranched alkanes of at least 4 members (excludes halogenated alkanes) is 3. The van der Waals surface area contributed by atoms with Crippen molar-refractivity contribution in [3.8, 4) is 35.2 Å². The summed E-state index contributed by atoms with van der Waals surface area (Å²) in [4.78, 5) is 36.1. The number of hydrogen-bond acceptors (Lipinski definition) is 8.